The maximum absolute atomic E-state index is 12.1. The van der Waals surface area contributed by atoms with Crippen LogP contribution in [0.5, 0.6) is 17.2 Å². The van der Waals surface area contributed by atoms with Crippen LogP contribution in [-0.2, 0) is 16.1 Å². The van der Waals surface area contributed by atoms with Gasteiger partial charge in [0.1, 0.15) is 12.0 Å². The second-order valence-corrected chi connectivity index (χ2v) is 7.29. The van der Waals surface area contributed by atoms with Crippen molar-refractivity contribution in [3.05, 3.63) is 41.5 Å². The Bertz CT molecular complexity index is 980. The van der Waals surface area contributed by atoms with E-state index in [-0.39, 0.29) is 18.5 Å². The monoisotopic (exact) mass is 397 g/mol. The van der Waals surface area contributed by atoms with E-state index in [0.29, 0.717) is 29.4 Å². The summed E-state index contributed by atoms with van der Waals surface area (Å²) in [6.45, 7) is 0.693. The number of ether oxygens (including phenoxy) is 4. The molecule has 7 nitrogen and oxygen atoms in total. The molecular formula is C22H23NO6. The fraction of sp³-hybridized carbons (Fsp3) is 0.364. The molecule has 2 aromatic rings. The van der Waals surface area contributed by atoms with Crippen LogP contribution in [0.25, 0.3) is 11.1 Å². The highest BCUT2D eigenvalue weighted by atomic mass is 16.5. The van der Waals surface area contributed by atoms with Crippen LogP contribution in [0.15, 0.2) is 30.3 Å². The number of hydrogen-bond acceptors (Lipinski definition) is 6. The highest BCUT2D eigenvalue weighted by molar-refractivity contribution is 5.99. The Labute approximate surface area is 168 Å². The van der Waals surface area contributed by atoms with Crippen LogP contribution in [0.2, 0.25) is 0 Å². The SMILES string of the molecule is COC(=O)C1(COc2c(-c3ccc4c(c3)CNC4=O)ccc(OC)c2OC)CC1. The predicted molar refractivity (Wildman–Crippen MR) is 105 cm³/mol. The van der Waals surface area contributed by atoms with E-state index in [0.717, 1.165) is 29.5 Å². The van der Waals surface area contributed by atoms with Gasteiger partial charge >= 0.3 is 5.97 Å². The molecule has 0 bridgehead atoms. The molecule has 1 saturated carbocycles. The standard InChI is InChI=1S/C22H23NO6/c1-26-17-7-6-15(13-4-5-16-14(10-13)11-23-20(16)24)18(19(17)27-2)29-12-22(8-9-22)21(25)28-3/h4-7,10H,8-9,11-12H2,1-3H3,(H,23,24). The van der Waals surface area contributed by atoms with Crippen LogP contribution >= 0.6 is 0 Å². The molecule has 0 spiro atoms. The molecule has 1 aliphatic heterocycles. The van der Waals surface area contributed by atoms with Gasteiger partial charge in [-0.1, -0.05) is 6.07 Å². The van der Waals surface area contributed by atoms with E-state index in [9.17, 15) is 9.59 Å². The molecule has 0 unspecified atom stereocenters. The lowest BCUT2D eigenvalue weighted by molar-refractivity contribution is -0.148. The number of methoxy groups -OCH3 is 3. The maximum Gasteiger partial charge on any atom is 0.315 e. The van der Waals surface area contributed by atoms with E-state index in [4.69, 9.17) is 18.9 Å². The van der Waals surface area contributed by atoms with Crippen molar-refractivity contribution in [2.75, 3.05) is 27.9 Å². The molecule has 0 atom stereocenters. The van der Waals surface area contributed by atoms with Gasteiger partial charge in [-0.15, -0.1) is 0 Å². The van der Waals surface area contributed by atoms with Crippen molar-refractivity contribution in [2.24, 2.45) is 5.41 Å². The van der Waals surface area contributed by atoms with E-state index in [1.54, 1.807) is 14.2 Å². The molecule has 1 amide bonds. The van der Waals surface area contributed by atoms with Gasteiger partial charge < -0.3 is 24.3 Å². The number of nitrogens with one attached hydrogen (secondary N) is 1. The average Bonchev–Trinajstić information content (AvgIpc) is 3.47. The van der Waals surface area contributed by atoms with E-state index < -0.39 is 5.41 Å². The Morgan fingerprint density at radius 1 is 1.03 bits per heavy atom. The fourth-order valence-corrected chi connectivity index (χ4v) is 3.65. The van der Waals surface area contributed by atoms with Crippen LogP contribution in [-0.4, -0.2) is 39.8 Å². The summed E-state index contributed by atoms with van der Waals surface area (Å²) in [6.07, 6.45) is 1.46. The van der Waals surface area contributed by atoms with Crippen molar-refractivity contribution in [2.45, 2.75) is 19.4 Å². The Balaban J connectivity index is 1.74. The molecule has 29 heavy (non-hydrogen) atoms. The zero-order valence-corrected chi connectivity index (χ0v) is 16.7. The van der Waals surface area contributed by atoms with Gasteiger partial charge in [-0.2, -0.15) is 0 Å². The lowest BCUT2D eigenvalue weighted by Gasteiger charge is -2.20. The maximum atomic E-state index is 12.1. The molecule has 2 aliphatic rings. The van der Waals surface area contributed by atoms with E-state index in [2.05, 4.69) is 5.32 Å². The molecule has 1 fully saturated rings. The van der Waals surface area contributed by atoms with Crippen molar-refractivity contribution >= 4 is 11.9 Å². The van der Waals surface area contributed by atoms with Gasteiger partial charge in [-0.05, 0) is 48.2 Å². The molecule has 1 heterocycles. The number of amides is 1. The first-order chi connectivity index (χ1) is 14.0. The molecule has 4 rings (SSSR count). The first kappa shape index (κ1) is 19.1. The fourth-order valence-electron chi connectivity index (χ4n) is 3.65. The van der Waals surface area contributed by atoms with Gasteiger partial charge in [-0.3, -0.25) is 9.59 Å². The van der Waals surface area contributed by atoms with Gasteiger partial charge in [0, 0.05) is 17.7 Å². The zero-order chi connectivity index (χ0) is 20.6. The van der Waals surface area contributed by atoms with E-state index in [1.165, 1.54) is 7.11 Å². The molecule has 0 radical (unpaired) electrons. The van der Waals surface area contributed by atoms with Crippen molar-refractivity contribution in [3.63, 3.8) is 0 Å². The molecule has 2 aromatic carbocycles. The van der Waals surface area contributed by atoms with Crippen LogP contribution < -0.4 is 19.5 Å². The highest BCUT2D eigenvalue weighted by Gasteiger charge is 2.52. The molecule has 0 aromatic heterocycles. The summed E-state index contributed by atoms with van der Waals surface area (Å²) >= 11 is 0. The largest absolute Gasteiger partial charge is 0.493 e. The molecule has 7 heteroatoms. The van der Waals surface area contributed by atoms with Gasteiger partial charge in [-0.25, -0.2) is 0 Å². The third kappa shape index (κ3) is 3.26. The number of rotatable bonds is 7. The van der Waals surface area contributed by atoms with E-state index >= 15 is 0 Å². The Kier molecular flexibility index (Phi) is 4.82. The van der Waals surface area contributed by atoms with Crippen molar-refractivity contribution in [1.29, 1.82) is 0 Å². The zero-order valence-electron chi connectivity index (χ0n) is 16.7. The van der Waals surface area contributed by atoms with Gasteiger partial charge in [0.15, 0.2) is 11.5 Å². The lowest BCUT2D eigenvalue weighted by atomic mass is 9.99. The molecule has 0 saturated heterocycles. The van der Waals surface area contributed by atoms with Crippen LogP contribution in [0.4, 0.5) is 0 Å². The number of carbonyl (C=O) groups is 2. The third-order valence-electron chi connectivity index (χ3n) is 5.57. The number of carbonyl (C=O) groups excluding carboxylic acids is 2. The van der Waals surface area contributed by atoms with Crippen molar-refractivity contribution in [1.82, 2.24) is 5.32 Å². The number of benzene rings is 2. The van der Waals surface area contributed by atoms with Crippen LogP contribution in [0.3, 0.4) is 0 Å². The normalized spacial score (nSPS) is 15.9. The van der Waals surface area contributed by atoms with Gasteiger partial charge in [0.05, 0.1) is 21.3 Å². The molecule has 1 aliphatic carbocycles. The second-order valence-electron chi connectivity index (χ2n) is 7.29. The van der Waals surface area contributed by atoms with Crippen molar-refractivity contribution in [3.8, 4) is 28.4 Å². The highest BCUT2D eigenvalue weighted by Crippen LogP contribution is 2.50. The van der Waals surface area contributed by atoms with Crippen LogP contribution in [0.1, 0.15) is 28.8 Å². The minimum atomic E-state index is -0.603. The summed E-state index contributed by atoms with van der Waals surface area (Å²) in [6, 6.07) is 9.36. The quantitative estimate of drug-likeness (QED) is 0.724. The smallest absolute Gasteiger partial charge is 0.315 e. The second kappa shape index (κ2) is 7.31. The Morgan fingerprint density at radius 2 is 1.79 bits per heavy atom. The number of esters is 1. The average molecular weight is 397 g/mol. The number of hydrogen-bond donors (Lipinski definition) is 1. The summed E-state index contributed by atoms with van der Waals surface area (Å²) in [5.41, 5.74) is 2.69. The van der Waals surface area contributed by atoms with Crippen molar-refractivity contribution < 1.29 is 28.5 Å². The Morgan fingerprint density at radius 3 is 2.45 bits per heavy atom. The minimum absolute atomic E-state index is 0.0657. The third-order valence-corrected chi connectivity index (χ3v) is 5.57. The van der Waals surface area contributed by atoms with Gasteiger partial charge in [0.2, 0.25) is 5.75 Å². The predicted octanol–water partition coefficient (Wildman–Crippen LogP) is 2.95. The first-order valence-electron chi connectivity index (χ1n) is 9.40. The first-order valence-corrected chi connectivity index (χ1v) is 9.40. The molecule has 1 N–H and O–H groups in total. The number of fused-ring (bicyclic) bond motifs is 1. The molecular weight excluding hydrogens is 374 g/mol. The summed E-state index contributed by atoms with van der Waals surface area (Å²) in [7, 11) is 4.50. The topological polar surface area (TPSA) is 83.1 Å². The lowest BCUT2D eigenvalue weighted by Crippen LogP contribution is -2.25. The summed E-state index contributed by atoms with van der Waals surface area (Å²) in [4.78, 5) is 24.0. The Hall–Kier alpha value is -3.22. The van der Waals surface area contributed by atoms with E-state index in [1.807, 2.05) is 30.3 Å². The summed E-state index contributed by atoms with van der Waals surface area (Å²) in [5, 5.41) is 2.83. The molecule has 152 valence electrons. The minimum Gasteiger partial charge on any atom is -0.493 e. The van der Waals surface area contributed by atoms with Gasteiger partial charge in [0.25, 0.3) is 5.91 Å². The summed E-state index contributed by atoms with van der Waals surface area (Å²) in [5.74, 6) is 1.17. The van der Waals surface area contributed by atoms with Crippen LogP contribution in [0, 0.1) is 5.41 Å². The summed E-state index contributed by atoms with van der Waals surface area (Å²) < 4.78 is 22.1.